The molecule has 2 N–H and O–H groups in total. The highest BCUT2D eigenvalue weighted by Crippen LogP contribution is 2.04. The van der Waals surface area contributed by atoms with Crippen LogP contribution in [0, 0.1) is 0 Å². The maximum Gasteiger partial charge on any atom is 0.0698 e. The quantitative estimate of drug-likeness (QED) is 0.652. The van der Waals surface area contributed by atoms with Crippen molar-refractivity contribution in [2.24, 2.45) is 0 Å². The van der Waals surface area contributed by atoms with Crippen LogP contribution >= 0.6 is 0 Å². The predicted octanol–water partition coefficient (Wildman–Crippen LogP) is 1.43. The summed E-state index contributed by atoms with van der Waals surface area (Å²) in [5, 5.41) is 11.8. The average Bonchev–Trinajstić information content (AvgIpc) is 2.34. The van der Waals surface area contributed by atoms with Crippen LogP contribution in [-0.4, -0.2) is 31.5 Å². The molecule has 0 aromatic heterocycles. The highest BCUT2D eigenvalue weighted by molar-refractivity contribution is 5.47. The fourth-order valence-electron chi connectivity index (χ4n) is 1.32. The fourth-order valence-corrected chi connectivity index (χ4v) is 1.32. The second kappa shape index (κ2) is 8.05. The molecule has 1 rings (SSSR count). The Morgan fingerprint density at radius 2 is 2.00 bits per heavy atom. The summed E-state index contributed by atoms with van der Waals surface area (Å²) in [5.41, 5.74) is 2.38. The fraction of sp³-hybridized carbons (Fsp3) is 0.385. The lowest BCUT2D eigenvalue weighted by Crippen LogP contribution is -2.19. The van der Waals surface area contributed by atoms with Crippen LogP contribution in [0.4, 0.5) is 0 Å². The van der Waals surface area contributed by atoms with Crippen LogP contribution in [0.15, 0.2) is 30.8 Å². The van der Waals surface area contributed by atoms with Crippen molar-refractivity contribution in [2.75, 3.05) is 26.4 Å². The molecule has 0 saturated carbocycles. The molecule has 0 amide bonds. The van der Waals surface area contributed by atoms with Crippen LogP contribution in [0.5, 0.6) is 0 Å². The van der Waals surface area contributed by atoms with Crippen molar-refractivity contribution in [1.82, 2.24) is 5.32 Å². The van der Waals surface area contributed by atoms with Crippen LogP contribution in [-0.2, 0) is 11.3 Å². The first-order chi connectivity index (χ1) is 7.86. The van der Waals surface area contributed by atoms with Crippen LogP contribution in [0.2, 0.25) is 0 Å². The lowest BCUT2D eigenvalue weighted by Gasteiger charge is -2.05. The minimum Gasteiger partial charge on any atom is -0.394 e. The summed E-state index contributed by atoms with van der Waals surface area (Å²) in [6.45, 7) is 6.47. The summed E-state index contributed by atoms with van der Waals surface area (Å²) in [6, 6.07) is 8.26. The zero-order valence-electron chi connectivity index (χ0n) is 9.48. The first kappa shape index (κ1) is 12.9. The molecule has 0 unspecified atom stereocenters. The molecule has 0 spiro atoms. The van der Waals surface area contributed by atoms with Gasteiger partial charge in [0.2, 0.25) is 0 Å². The van der Waals surface area contributed by atoms with Crippen molar-refractivity contribution in [3.63, 3.8) is 0 Å². The van der Waals surface area contributed by atoms with E-state index in [9.17, 15) is 0 Å². The minimum absolute atomic E-state index is 0.0863. The summed E-state index contributed by atoms with van der Waals surface area (Å²) in [7, 11) is 0. The second-order valence-corrected chi connectivity index (χ2v) is 3.46. The number of nitrogens with one attached hydrogen (secondary N) is 1. The highest BCUT2D eigenvalue weighted by Gasteiger charge is 1.92. The van der Waals surface area contributed by atoms with Crippen molar-refractivity contribution < 1.29 is 9.84 Å². The van der Waals surface area contributed by atoms with Gasteiger partial charge in [-0.05, 0) is 11.1 Å². The van der Waals surface area contributed by atoms with E-state index >= 15 is 0 Å². The molecular formula is C13H19NO2. The van der Waals surface area contributed by atoms with E-state index in [-0.39, 0.29) is 6.61 Å². The van der Waals surface area contributed by atoms with Crippen molar-refractivity contribution in [3.05, 3.63) is 42.0 Å². The number of benzene rings is 1. The van der Waals surface area contributed by atoms with Crippen LogP contribution in [0.25, 0.3) is 6.08 Å². The van der Waals surface area contributed by atoms with Gasteiger partial charge in [0.05, 0.1) is 19.8 Å². The summed E-state index contributed by atoms with van der Waals surface area (Å²) < 4.78 is 5.13. The summed E-state index contributed by atoms with van der Waals surface area (Å²) >= 11 is 0. The normalized spacial score (nSPS) is 10.3. The van der Waals surface area contributed by atoms with Crippen LogP contribution in [0.1, 0.15) is 11.1 Å². The number of aliphatic hydroxyl groups is 1. The Labute approximate surface area is 96.8 Å². The van der Waals surface area contributed by atoms with E-state index in [4.69, 9.17) is 9.84 Å². The molecule has 0 fully saturated rings. The van der Waals surface area contributed by atoms with Gasteiger partial charge in [-0.25, -0.2) is 0 Å². The van der Waals surface area contributed by atoms with E-state index in [0.717, 1.165) is 18.7 Å². The van der Waals surface area contributed by atoms with Gasteiger partial charge in [0.25, 0.3) is 0 Å². The van der Waals surface area contributed by atoms with Gasteiger partial charge in [-0.2, -0.15) is 0 Å². The van der Waals surface area contributed by atoms with E-state index in [0.29, 0.717) is 13.2 Å². The van der Waals surface area contributed by atoms with Crippen molar-refractivity contribution in [3.8, 4) is 0 Å². The number of hydrogen-bond acceptors (Lipinski definition) is 3. The lowest BCUT2D eigenvalue weighted by molar-refractivity contribution is 0.0938. The summed E-state index contributed by atoms with van der Waals surface area (Å²) in [6.07, 6.45) is 1.83. The van der Waals surface area contributed by atoms with Gasteiger partial charge in [-0.15, -0.1) is 0 Å². The Morgan fingerprint density at radius 3 is 2.62 bits per heavy atom. The number of ether oxygens (including phenoxy) is 1. The van der Waals surface area contributed by atoms with E-state index in [2.05, 4.69) is 24.0 Å². The molecule has 3 heteroatoms. The Morgan fingerprint density at radius 1 is 1.25 bits per heavy atom. The third kappa shape index (κ3) is 5.07. The van der Waals surface area contributed by atoms with Gasteiger partial charge in [0.15, 0.2) is 0 Å². The van der Waals surface area contributed by atoms with E-state index in [1.54, 1.807) is 0 Å². The molecule has 88 valence electrons. The minimum atomic E-state index is 0.0863. The Hall–Kier alpha value is -1.16. The molecule has 0 aliphatic rings. The summed E-state index contributed by atoms with van der Waals surface area (Å²) in [4.78, 5) is 0. The van der Waals surface area contributed by atoms with Crippen LogP contribution in [0.3, 0.4) is 0 Å². The van der Waals surface area contributed by atoms with Crippen molar-refractivity contribution >= 4 is 6.08 Å². The first-order valence-corrected chi connectivity index (χ1v) is 5.47. The third-order valence-electron chi connectivity index (χ3n) is 2.20. The topological polar surface area (TPSA) is 41.5 Å². The van der Waals surface area contributed by atoms with Gasteiger partial charge in [0.1, 0.15) is 0 Å². The number of hydrogen-bond donors (Lipinski definition) is 2. The Bertz CT molecular complexity index is 295. The molecule has 0 saturated heterocycles. The van der Waals surface area contributed by atoms with Gasteiger partial charge < -0.3 is 15.2 Å². The molecule has 0 heterocycles. The van der Waals surface area contributed by atoms with Crippen molar-refractivity contribution in [1.29, 1.82) is 0 Å². The molecule has 3 nitrogen and oxygen atoms in total. The maximum absolute atomic E-state index is 8.50. The number of rotatable bonds is 8. The molecule has 1 aromatic rings. The number of aliphatic hydroxyl groups excluding tert-OH is 1. The van der Waals surface area contributed by atoms with Gasteiger partial charge >= 0.3 is 0 Å². The molecule has 0 atom stereocenters. The molecule has 0 radical (unpaired) electrons. The molecule has 16 heavy (non-hydrogen) atoms. The zero-order chi connectivity index (χ0) is 11.6. The van der Waals surface area contributed by atoms with E-state index in [1.165, 1.54) is 5.56 Å². The van der Waals surface area contributed by atoms with Crippen LogP contribution < -0.4 is 5.32 Å². The van der Waals surface area contributed by atoms with Gasteiger partial charge in [-0.1, -0.05) is 36.9 Å². The van der Waals surface area contributed by atoms with E-state index in [1.807, 2.05) is 18.2 Å². The van der Waals surface area contributed by atoms with E-state index < -0.39 is 0 Å². The molecule has 0 aliphatic carbocycles. The van der Waals surface area contributed by atoms with Gasteiger partial charge in [-0.3, -0.25) is 0 Å². The predicted molar refractivity (Wildman–Crippen MR) is 66.1 cm³/mol. The standard InChI is InChI=1S/C13H19NO2/c1-2-12-3-5-13(6-4-12)11-14-7-9-16-10-8-15/h2-6,14-15H,1,7-11H2. The van der Waals surface area contributed by atoms with Gasteiger partial charge in [0, 0.05) is 13.1 Å². The molecular weight excluding hydrogens is 202 g/mol. The summed E-state index contributed by atoms with van der Waals surface area (Å²) in [5.74, 6) is 0. The molecule has 0 bridgehead atoms. The highest BCUT2D eigenvalue weighted by atomic mass is 16.5. The maximum atomic E-state index is 8.50. The first-order valence-electron chi connectivity index (χ1n) is 5.47. The smallest absolute Gasteiger partial charge is 0.0698 e. The SMILES string of the molecule is C=Cc1ccc(CNCCOCCO)cc1. The lowest BCUT2D eigenvalue weighted by atomic mass is 10.1. The monoisotopic (exact) mass is 221 g/mol. The largest absolute Gasteiger partial charge is 0.394 e. The second-order valence-electron chi connectivity index (χ2n) is 3.46. The Balaban J connectivity index is 2.14. The Kier molecular flexibility index (Phi) is 6.49. The molecule has 1 aromatic carbocycles. The zero-order valence-corrected chi connectivity index (χ0v) is 9.48. The molecule has 0 aliphatic heterocycles. The average molecular weight is 221 g/mol. The third-order valence-corrected chi connectivity index (χ3v) is 2.20. The van der Waals surface area contributed by atoms with Crippen molar-refractivity contribution in [2.45, 2.75) is 6.54 Å².